The Morgan fingerprint density at radius 3 is 1.79 bits per heavy atom. The highest BCUT2D eigenvalue weighted by Gasteiger charge is 2.42. The number of benzene rings is 1. The summed E-state index contributed by atoms with van der Waals surface area (Å²) in [7, 11) is 0. The smallest absolute Gasteiger partial charge is 0.176 e. The summed E-state index contributed by atoms with van der Waals surface area (Å²) in [6.07, 6.45) is 0. The number of hydrogen-bond acceptors (Lipinski definition) is 1. The number of rotatable bonds is 2. The minimum atomic E-state index is -0.484. The first kappa shape index (κ1) is 14.3. The Morgan fingerprint density at radius 1 is 0.947 bits per heavy atom. The predicted octanol–water partition coefficient (Wildman–Crippen LogP) is 5.32. The average molecular weight is 319 g/mol. The van der Waals surface area contributed by atoms with E-state index in [9.17, 15) is 4.79 Å². The third kappa shape index (κ3) is 2.02. The summed E-state index contributed by atoms with van der Waals surface area (Å²) in [5.41, 5.74) is 5.15. The highest BCUT2D eigenvalue weighted by atomic mass is 79.9. The van der Waals surface area contributed by atoms with E-state index >= 15 is 0 Å². The molecule has 1 aliphatic carbocycles. The minimum Gasteiger partial charge on any atom is -0.293 e. The van der Waals surface area contributed by atoms with Crippen LogP contribution in [0.5, 0.6) is 0 Å². The standard InChI is InChI=1S/C17H19BrO/c1-10-11(2)13(4)17(5,12(10)3)16(19)14-6-8-15(18)9-7-14/h6-9H,1-5H3. The molecule has 2 heteroatoms. The quantitative estimate of drug-likeness (QED) is 0.674. The van der Waals surface area contributed by atoms with E-state index in [1.54, 1.807) is 0 Å². The Morgan fingerprint density at radius 2 is 1.37 bits per heavy atom. The second kappa shape index (κ2) is 4.75. The number of ketones is 1. The molecule has 2 rings (SSSR count). The fourth-order valence-electron chi connectivity index (χ4n) is 2.82. The lowest BCUT2D eigenvalue weighted by molar-refractivity contribution is 0.0892. The average Bonchev–Trinajstić information content (AvgIpc) is 2.55. The van der Waals surface area contributed by atoms with E-state index in [0.717, 1.165) is 10.0 Å². The van der Waals surface area contributed by atoms with Gasteiger partial charge in [-0.05, 0) is 57.9 Å². The fraction of sp³-hybridized carbons (Fsp3) is 0.353. The predicted molar refractivity (Wildman–Crippen MR) is 83.3 cm³/mol. The number of carbonyl (C=O) groups is 1. The molecule has 1 nitrogen and oxygen atoms in total. The molecular weight excluding hydrogens is 300 g/mol. The van der Waals surface area contributed by atoms with Crippen LogP contribution in [-0.4, -0.2) is 5.78 Å². The molecule has 0 amide bonds. The van der Waals surface area contributed by atoms with Crippen LogP contribution in [-0.2, 0) is 0 Å². The van der Waals surface area contributed by atoms with Crippen LogP contribution < -0.4 is 0 Å². The van der Waals surface area contributed by atoms with Crippen LogP contribution in [0.2, 0.25) is 0 Å². The summed E-state index contributed by atoms with van der Waals surface area (Å²) in [4.78, 5) is 12.9. The molecule has 0 fully saturated rings. The summed E-state index contributed by atoms with van der Waals surface area (Å²) in [6, 6.07) is 7.62. The maximum Gasteiger partial charge on any atom is 0.176 e. The molecule has 0 aromatic heterocycles. The molecule has 1 aromatic carbocycles. The van der Waals surface area contributed by atoms with Crippen molar-refractivity contribution in [3.8, 4) is 0 Å². The highest BCUT2D eigenvalue weighted by molar-refractivity contribution is 9.10. The van der Waals surface area contributed by atoms with Crippen molar-refractivity contribution < 1.29 is 4.79 Å². The molecule has 0 N–H and O–H groups in total. The molecule has 0 aliphatic heterocycles. The van der Waals surface area contributed by atoms with Gasteiger partial charge in [-0.2, -0.15) is 0 Å². The van der Waals surface area contributed by atoms with Crippen LogP contribution in [0.4, 0.5) is 0 Å². The van der Waals surface area contributed by atoms with Crippen molar-refractivity contribution in [3.63, 3.8) is 0 Å². The number of Topliss-reactive ketones (excluding diaryl/α,β-unsaturated/α-hetero) is 1. The summed E-state index contributed by atoms with van der Waals surface area (Å²) < 4.78 is 0.993. The topological polar surface area (TPSA) is 17.1 Å². The van der Waals surface area contributed by atoms with Crippen LogP contribution in [0.1, 0.15) is 45.0 Å². The van der Waals surface area contributed by atoms with Gasteiger partial charge in [0.05, 0.1) is 5.41 Å². The maximum absolute atomic E-state index is 12.9. The second-order valence-electron chi connectivity index (χ2n) is 5.46. The Kier molecular flexibility index (Phi) is 3.57. The van der Waals surface area contributed by atoms with Crippen LogP contribution >= 0.6 is 15.9 Å². The Labute approximate surface area is 123 Å². The molecular formula is C17H19BrO. The van der Waals surface area contributed by atoms with Crippen molar-refractivity contribution in [3.05, 3.63) is 56.6 Å². The van der Waals surface area contributed by atoms with Crippen LogP contribution in [0.15, 0.2) is 51.0 Å². The number of halogens is 1. The molecule has 0 radical (unpaired) electrons. The largest absolute Gasteiger partial charge is 0.293 e. The first-order chi connectivity index (χ1) is 8.80. The Balaban J connectivity index is 2.53. The lowest BCUT2D eigenvalue weighted by Gasteiger charge is -2.27. The van der Waals surface area contributed by atoms with Gasteiger partial charge in [0, 0.05) is 10.0 Å². The molecule has 0 saturated heterocycles. The van der Waals surface area contributed by atoms with Crippen molar-refractivity contribution in [1.29, 1.82) is 0 Å². The van der Waals surface area contributed by atoms with Crippen molar-refractivity contribution in [1.82, 2.24) is 0 Å². The fourth-order valence-corrected chi connectivity index (χ4v) is 3.09. The number of hydrogen-bond donors (Lipinski definition) is 0. The van der Waals surface area contributed by atoms with Gasteiger partial charge < -0.3 is 0 Å². The van der Waals surface area contributed by atoms with Gasteiger partial charge in [0.15, 0.2) is 5.78 Å². The van der Waals surface area contributed by atoms with Crippen LogP contribution in [0, 0.1) is 5.41 Å². The second-order valence-corrected chi connectivity index (χ2v) is 6.38. The summed E-state index contributed by atoms with van der Waals surface area (Å²) >= 11 is 3.40. The third-order valence-corrected chi connectivity index (χ3v) is 5.28. The van der Waals surface area contributed by atoms with E-state index in [2.05, 4.69) is 43.6 Å². The van der Waals surface area contributed by atoms with Gasteiger partial charge in [-0.1, -0.05) is 39.2 Å². The number of allylic oxidation sites excluding steroid dienone is 4. The molecule has 100 valence electrons. The van der Waals surface area contributed by atoms with Gasteiger partial charge in [-0.3, -0.25) is 4.79 Å². The van der Waals surface area contributed by atoms with Crippen molar-refractivity contribution >= 4 is 21.7 Å². The molecule has 19 heavy (non-hydrogen) atoms. The molecule has 0 heterocycles. The van der Waals surface area contributed by atoms with E-state index in [-0.39, 0.29) is 5.78 Å². The van der Waals surface area contributed by atoms with Crippen molar-refractivity contribution in [2.45, 2.75) is 34.6 Å². The van der Waals surface area contributed by atoms with E-state index in [0.29, 0.717) is 0 Å². The van der Waals surface area contributed by atoms with E-state index in [1.807, 2.05) is 31.2 Å². The zero-order valence-electron chi connectivity index (χ0n) is 12.1. The summed E-state index contributed by atoms with van der Waals surface area (Å²) in [5.74, 6) is 0.186. The van der Waals surface area contributed by atoms with Gasteiger partial charge in [0.25, 0.3) is 0 Å². The molecule has 1 aromatic rings. The van der Waals surface area contributed by atoms with Crippen molar-refractivity contribution in [2.75, 3.05) is 0 Å². The lowest BCUT2D eigenvalue weighted by Crippen LogP contribution is -2.29. The minimum absolute atomic E-state index is 0.186. The molecule has 0 unspecified atom stereocenters. The maximum atomic E-state index is 12.9. The molecule has 1 aliphatic rings. The Bertz CT molecular complexity index is 579. The zero-order chi connectivity index (χ0) is 14.4. The first-order valence-electron chi connectivity index (χ1n) is 6.46. The van der Waals surface area contributed by atoms with Crippen LogP contribution in [0.3, 0.4) is 0 Å². The third-order valence-electron chi connectivity index (χ3n) is 4.75. The zero-order valence-corrected chi connectivity index (χ0v) is 13.7. The molecule has 0 bridgehead atoms. The van der Waals surface area contributed by atoms with Gasteiger partial charge in [-0.15, -0.1) is 0 Å². The highest BCUT2D eigenvalue weighted by Crippen LogP contribution is 2.48. The van der Waals surface area contributed by atoms with Crippen LogP contribution in [0.25, 0.3) is 0 Å². The van der Waals surface area contributed by atoms with Gasteiger partial charge in [0.2, 0.25) is 0 Å². The van der Waals surface area contributed by atoms with Gasteiger partial charge in [0.1, 0.15) is 0 Å². The van der Waals surface area contributed by atoms with Gasteiger partial charge >= 0.3 is 0 Å². The summed E-state index contributed by atoms with van der Waals surface area (Å²) in [6.45, 7) is 10.4. The normalized spacial score (nSPS) is 18.2. The van der Waals surface area contributed by atoms with E-state index < -0.39 is 5.41 Å². The molecule has 0 atom stereocenters. The SMILES string of the molecule is CC1=C(C)C(C)(C(=O)c2ccc(Br)cc2)C(C)=C1C. The van der Waals surface area contributed by atoms with E-state index in [1.165, 1.54) is 22.3 Å². The van der Waals surface area contributed by atoms with E-state index in [4.69, 9.17) is 0 Å². The number of carbonyl (C=O) groups excluding carboxylic acids is 1. The monoisotopic (exact) mass is 318 g/mol. The van der Waals surface area contributed by atoms with Gasteiger partial charge in [-0.25, -0.2) is 0 Å². The lowest BCUT2D eigenvalue weighted by atomic mass is 9.73. The van der Waals surface area contributed by atoms with Crippen molar-refractivity contribution in [2.24, 2.45) is 5.41 Å². The molecule has 0 saturated carbocycles. The Hall–Kier alpha value is -1.15. The first-order valence-corrected chi connectivity index (χ1v) is 7.26. The molecule has 0 spiro atoms. The summed E-state index contributed by atoms with van der Waals surface area (Å²) in [5, 5.41) is 0.